The molecule has 0 spiro atoms. The number of aromatic nitrogens is 4. The van der Waals surface area contributed by atoms with Crippen LogP contribution in [-0.4, -0.2) is 33.2 Å². The van der Waals surface area contributed by atoms with Crippen molar-refractivity contribution in [3.8, 4) is 5.75 Å². The minimum Gasteiger partial charge on any atom is -0.495 e. The molecule has 9 heteroatoms. The molecule has 3 aromatic rings. The van der Waals surface area contributed by atoms with Gasteiger partial charge in [-0.05, 0) is 47.3 Å². The minimum atomic E-state index is -0.0699. The van der Waals surface area contributed by atoms with E-state index < -0.39 is 0 Å². The Balaban J connectivity index is 1.75. The first-order chi connectivity index (χ1) is 12.7. The molecule has 1 aliphatic rings. The Morgan fingerprint density at radius 3 is 3.00 bits per heavy atom. The minimum absolute atomic E-state index is 0.0699. The summed E-state index contributed by atoms with van der Waals surface area (Å²) in [4.78, 5) is 13.2. The van der Waals surface area contributed by atoms with E-state index in [1.807, 2.05) is 22.8 Å². The number of nitrogens with two attached hydrogens (primary N) is 1. The maximum atomic E-state index is 5.95. The molecule has 0 radical (unpaired) electrons. The normalized spacial score (nSPS) is 17.4. The lowest BCUT2D eigenvalue weighted by atomic mass is 10.2. The van der Waals surface area contributed by atoms with Gasteiger partial charge < -0.3 is 20.5 Å². The molecule has 8 nitrogen and oxygen atoms in total. The first-order valence-electron chi connectivity index (χ1n) is 8.38. The van der Waals surface area contributed by atoms with E-state index in [9.17, 15) is 0 Å². The maximum absolute atomic E-state index is 5.95. The van der Waals surface area contributed by atoms with Gasteiger partial charge in [-0.25, -0.2) is 4.98 Å². The molecule has 1 fully saturated rings. The predicted molar refractivity (Wildman–Crippen MR) is 103 cm³/mol. The van der Waals surface area contributed by atoms with Crippen LogP contribution in [0.15, 0.2) is 29.0 Å². The van der Waals surface area contributed by atoms with Crippen LogP contribution in [0, 0.1) is 0 Å². The highest BCUT2D eigenvalue weighted by atomic mass is 79.9. The second kappa shape index (κ2) is 7.08. The number of nitrogens with zero attached hydrogens (tertiary/aromatic N) is 4. The number of imidazole rings is 1. The number of halogens is 1. The Morgan fingerprint density at radius 2 is 2.23 bits per heavy atom. The average Bonchev–Trinajstić information content (AvgIpc) is 3.08. The molecule has 0 saturated carbocycles. The third-order valence-electron chi connectivity index (χ3n) is 4.34. The number of nitrogen functional groups attached to an aromatic ring is 1. The highest BCUT2D eigenvalue weighted by molar-refractivity contribution is 9.10. The van der Waals surface area contributed by atoms with Crippen molar-refractivity contribution in [1.29, 1.82) is 0 Å². The molecule has 0 aliphatic carbocycles. The molecule has 2 aromatic heterocycles. The van der Waals surface area contributed by atoms with Crippen LogP contribution in [0.3, 0.4) is 0 Å². The number of benzene rings is 1. The summed E-state index contributed by atoms with van der Waals surface area (Å²) >= 11 is 3.54. The number of methoxy groups -OCH3 is 1. The van der Waals surface area contributed by atoms with Gasteiger partial charge in [0.25, 0.3) is 0 Å². The molecular formula is C17H19BrN6O2. The Kier molecular flexibility index (Phi) is 4.64. The van der Waals surface area contributed by atoms with E-state index in [1.165, 1.54) is 0 Å². The Bertz CT molecular complexity index is 938. The van der Waals surface area contributed by atoms with Crippen LogP contribution in [0.1, 0.15) is 25.5 Å². The van der Waals surface area contributed by atoms with Gasteiger partial charge >= 0.3 is 0 Å². The van der Waals surface area contributed by atoms with Crippen LogP contribution in [0.4, 0.5) is 17.5 Å². The van der Waals surface area contributed by atoms with Crippen molar-refractivity contribution in [1.82, 2.24) is 19.5 Å². The Morgan fingerprint density at radius 1 is 1.35 bits per heavy atom. The van der Waals surface area contributed by atoms with Crippen LogP contribution in [0.25, 0.3) is 11.2 Å². The van der Waals surface area contributed by atoms with Gasteiger partial charge in [-0.15, -0.1) is 0 Å². The first kappa shape index (κ1) is 17.0. The summed E-state index contributed by atoms with van der Waals surface area (Å²) in [5, 5.41) is 3.27. The van der Waals surface area contributed by atoms with Crippen LogP contribution < -0.4 is 15.8 Å². The van der Waals surface area contributed by atoms with Crippen molar-refractivity contribution >= 4 is 44.5 Å². The molecule has 26 heavy (non-hydrogen) atoms. The van der Waals surface area contributed by atoms with E-state index in [2.05, 4.69) is 36.2 Å². The van der Waals surface area contributed by atoms with Gasteiger partial charge in [0.15, 0.2) is 17.0 Å². The van der Waals surface area contributed by atoms with E-state index in [1.54, 1.807) is 13.4 Å². The second-order valence-electron chi connectivity index (χ2n) is 6.02. The van der Waals surface area contributed by atoms with Gasteiger partial charge in [0.05, 0.1) is 23.6 Å². The zero-order valence-corrected chi connectivity index (χ0v) is 15.9. The zero-order valence-electron chi connectivity index (χ0n) is 14.3. The highest BCUT2D eigenvalue weighted by Crippen LogP contribution is 2.35. The summed E-state index contributed by atoms with van der Waals surface area (Å²) in [7, 11) is 1.62. The molecule has 1 aliphatic heterocycles. The molecule has 136 valence electrons. The summed E-state index contributed by atoms with van der Waals surface area (Å²) in [5.41, 5.74) is 8.05. The number of nitrogens with one attached hydrogen (secondary N) is 1. The molecule has 1 atom stereocenters. The van der Waals surface area contributed by atoms with Crippen LogP contribution in [0.2, 0.25) is 0 Å². The van der Waals surface area contributed by atoms with Gasteiger partial charge in [0.1, 0.15) is 12.0 Å². The fourth-order valence-electron chi connectivity index (χ4n) is 3.07. The molecule has 3 heterocycles. The fourth-order valence-corrected chi connectivity index (χ4v) is 3.59. The SMILES string of the molecule is COc1cccc(Nc2nc(N)nc3c2ncn3C2CCCCO2)c1Br. The molecule has 1 saturated heterocycles. The summed E-state index contributed by atoms with van der Waals surface area (Å²) < 4.78 is 13.9. The van der Waals surface area contributed by atoms with Gasteiger partial charge in [-0.1, -0.05) is 6.07 Å². The largest absolute Gasteiger partial charge is 0.495 e. The van der Waals surface area contributed by atoms with Crippen LogP contribution >= 0.6 is 15.9 Å². The summed E-state index contributed by atoms with van der Waals surface area (Å²) in [5.74, 6) is 1.43. The molecule has 3 N–H and O–H groups in total. The van der Waals surface area contributed by atoms with Crippen molar-refractivity contribution in [3.05, 3.63) is 29.0 Å². The Labute approximate surface area is 158 Å². The van der Waals surface area contributed by atoms with E-state index in [4.69, 9.17) is 15.2 Å². The van der Waals surface area contributed by atoms with Crippen molar-refractivity contribution in [2.24, 2.45) is 0 Å². The third-order valence-corrected chi connectivity index (χ3v) is 5.16. The maximum Gasteiger partial charge on any atom is 0.224 e. The predicted octanol–water partition coefficient (Wildman–Crippen LogP) is 3.62. The smallest absolute Gasteiger partial charge is 0.224 e. The first-order valence-corrected chi connectivity index (χ1v) is 9.18. The van der Waals surface area contributed by atoms with Crippen LogP contribution in [0.5, 0.6) is 5.75 Å². The van der Waals surface area contributed by atoms with E-state index in [0.29, 0.717) is 17.0 Å². The van der Waals surface area contributed by atoms with E-state index >= 15 is 0 Å². The highest BCUT2D eigenvalue weighted by Gasteiger charge is 2.21. The average molecular weight is 419 g/mol. The fraction of sp³-hybridized carbons (Fsp3) is 0.353. The number of anilines is 3. The number of rotatable bonds is 4. The van der Waals surface area contributed by atoms with Crippen molar-refractivity contribution in [3.63, 3.8) is 0 Å². The number of ether oxygens (including phenoxy) is 2. The van der Waals surface area contributed by atoms with Crippen LogP contribution in [-0.2, 0) is 4.74 Å². The lowest BCUT2D eigenvalue weighted by Gasteiger charge is -2.23. The van der Waals surface area contributed by atoms with Crippen molar-refractivity contribution < 1.29 is 9.47 Å². The lowest BCUT2D eigenvalue weighted by Crippen LogP contribution is -2.18. The quantitative estimate of drug-likeness (QED) is 0.666. The lowest BCUT2D eigenvalue weighted by molar-refractivity contribution is -0.0298. The number of hydrogen-bond donors (Lipinski definition) is 2. The zero-order chi connectivity index (χ0) is 18.1. The van der Waals surface area contributed by atoms with Gasteiger partial charge in [0.2, 0.25) is 5.95 Å². The molecule has 0 bridgehead atoms. The van der Waals surface area contributed by atoms with Gasteiger partial charge in [0, 0.05) is 6.61 Å². The summed E-state index contributed by atoms with van der Waals surface area (Å²) in [6.45, 7) is 0.743. The second-order valence-corrected chi connectivity index (χ2v) is 6.82. The topological polar surface area (TPSA) is 100 Å². The molecule has 0 amide bonds. The van der Waals surface area contributed by atoms with Crippen molar-refractivity contribution in [2.75, 3.05) is 24.8 Å². The van der Waals surface area contributed by atoms with E-state index in [-0.39, 0.29) is 12.2 Å². The van der Waals surface area contributed by atoms with E-state index in [0.717, 1.165) is 41.8 Å². The van der Waals surface area contributed by atoms with Gasteiger partial charge in [-0.3, -0.25) is 4.57 Å². The van der Waals surface area contributed by atoms with Gasteiger partial charge in [-0.2, -0.15) is 9.97 Å². The Hall–Kier alpha value is -2.39. The number of fused-ring (bicyclic) bond motifs is 1. The summed E-state index contributed by atoms with van der Waals surface area (Å²) in [6.07, 6.45) is 4.79. The third kappa shape index (κ3) is 3.08. The molecular weight excluding hydrogens is 400 g/mol. The standard InChI is InChI=1S/C17H19BrN6O2/c1-25-11-6-4-5-10(13(11)18)21-15-14-16(23-17(19)22-15)24(9-20-14)12-7-2-3-8-26-12/h4-6,9,12H,2-3,7-8H2,1H3,(H3,19,21,22,23). The van der Waals surface area contributed by atoms with Crippen molar-refractivity contribution in [2.45, 2.75) is 25.5 Å². The summed E-state index contributed by atoms with van der Waals surface area (Å²) in [6, 6.07) is 5.68. The number of hydrogen-bond acceptors (Lipinski definition) is 7. The monoisotopic (exact) mass is 418 g/mol. The molecule has 1 unspecified atom stereocenters. The molecule has 1 aromatic carbocycles. The molecule has 4 rings (SSSR count).